The Kier molecular flexibility index (Phi) is 3.82. The number of sulfonamides is 1. The van der Waals surface area contributed by atoms with E-state index in [-0.39, 0.29) is 11.8 Å². The van der Waals surface area contributed by atoms with E-state index in [1.807, 2.05) is 43.3 Å². The molecule has 5 nitrogen and oxygen atoms in total. The predicted molar refractivity (Wildman–Crippen MR) is 79.0 cm³/mol. The summed E-state index contributed by atoms with van der Waals surface area (Å²) in [4.78, 5) is 0. The Hall–Kier alpha value is -1.66. The third-order valence-electron chi connectivity index (χ3n) is 3.74. The Balaban J connectivity index is 1.84. The monoisotopic (exact) mass is 306 g/mol. The average Bonchev–Trinajstić information content (AvgIpc) is 3.07. The number of nitrogens with zero attached hydrogens (tertiary/aromatic N) is 2. The zero-order valence-electron chi connectivity index (χ0n) is 11.9. The minimum Gasteiger partial charge on any atom is -0.361 e. The molecule has 0 radical (unpaired) electrons. The van der Waals surface area contributed by atoms with Gasteiger partial charge in [-0.25, -0.2) is 8.42 Å². The minimum atomic E-state index is -3.35. The molecular weight excluding hydrogens is 288 g/mol. The van der Waals surface area contributed by atoms with E-state index >= 15 is 0 Å². The van der Waals surface area contributed by atoms with Crippen LogP contribution in [0.2, 0.25) is 0 Å². The van der Waals surface area contributed by atoms with Crippen LogP contribution in [0.4, 0.5) is 0 Å². The first-order valence-corrected chi connectivity index (χ1v) is 8.64. The molecule has 1 aromatic heterocycles. The standard InChI is InChI=1S/C15H18N2O3S/c1-12-10-14(16-20-12)15-8-5-9-17(15)21(18,19)11-13-6-3-2-4-7-13/h2-4,6-7,10,15H,5,8-9,11H2,1H3. The molecule has 0 bridgehead atoms. The molecule has 1 aliphatic heterocycles. The van der Waals surface area contributed by atoms with Gasteiger partial charge in [0.15, 0.2) is 0 Å². The number of aryl methyl sites for hydroxylation is 1. The second-order valence-corrected chi connectivity index (χ2v) is 7.29. The third kappa shape index (κ3) is 3.01. The molecule has 0 saturated carbocycles. The molecule has 1 saturated heterocycles. The van der Waals surface area contributed by atoms with Crippen molar-refractivity contribution in [2.75, 3.05) is 6.54 Å². The molecule has 2 heterocycles. The van der Waals surface area contributed by atoms with Gasteiger partial charge in [0.25, 0.3) is 0 Å². The zero-order valence-corrected chi connectivity index (χ0v) is 12.7. The van der Waals surface area contributed by atoms with Crippen molar-refractivity contribution in [1.82, 2.24) is 9.46 Å². The maximum absolute atomic E-state index is 12.7. The fourth-order valence-electron chi connectivity index (χ4n) is 2.78. The molecule has 21 heavy (non-hydrogen) atoms. The molecular formula is C15H18N2O3S. The summed E-state index contributed by atoms with van der Waals surface area (Å²) >= 11 is 0. The Morgan fingerprint density at radius 3 is 2.76 bits per heavy atom. The highest BCUT2D eigenvalue weighted by Crippen LogP contribution is 2.34. The smallest absolute Gasteiger partial charge is 0.218 e. The lowest BCUT2D eigenvalue weighted by Gasteiger charge is -2.22. The van der Waals surface area contributed by atoms with Gasteiger partial charge in [0.2, 0.25) is 10.0 Å². The van der Waals surface area contributed by atoms with E-state index in [2.05, 4.69) is 5.16 Å². The van der Waals surface area contributed by atoms with Crippen LogP contribution < -0.4 is 0 Å². The Morgan fingerprint density at radius 2 is 2.10 bits per heavy atom. The largest absolute Gasteiger partial charge is 0.361 e. The van der Waals surface area contributed by atoms with Crippen LogP contribution >= 0.6 is 0 Å². The highest BCUT2D eigenvalue weighted by atomic mass is 32.2. The van der Waals surface area contributed by atoms with Crippen molar-refractivity contribution in [2.24, 2.45) is 0 Å². The van der Waals surface area contributed by atoms with E-state index in [0.717, 1.165) is 18.4 Å². The quantitative estimate of drug-likeness (QED) is 0.871. The van der Waals surface area contributed by atoms with Crippen LogP contribution in [-0.2, 0) is 15.8 Å². The van der Waals surface area contributed by atoms with E-state index in [0.29, 0.717) is 18.0 Å². The van der Waals surface area contributed by atoms with Gasteiger partial charge in [0.05, 0.1) is 11.8 Å². The zero-order chi connectivity index (χ0) is 14.9. The van der Waals surface area contributed by atoms with Crippen molar-refractivity contribution < 1.29 is 12.9 Å². The van der Waals surface area contributed by atoms with Crippen LogP contribution in [0.3, 0.4) is 0 Å². The lowest BCUT2D eigenvalue weighted by atomic mass is 10.1. The molecule has 6 heteroatoms. The maximum atomic E-state index is 12.7. The first-order valence-electron chi connectivity index (χ1n) is 7.03. The number of hydrogen-bond donors (Lipinski definition) is 0. The van der Waals surface area contributed by atoms with Crippen molar-refractivity contribution >= 4 is 10.0 Å². The second kappa shape index (κ2) is 5.61. The Labute approximate surface area is 124 Å². The molecule has 1 aliphatic rings. The van der Waals surface area contributed by atoms with Gasteiger partial charge < -0.3 is 4.52 Å². The summed E-state index contributed by atoms with van der Waals surface area (Å²) in [5.74, 6) is 0.735. The fourth-order valence-corrected chi connectivity index (χ4v) is 4.57. The Bertz CT molecular complexity index is 710. The van der Waals surface area contributed by atoms with Crippen molar-refractivity contribution in [3.63, 3.8) is 0 Å². The second-order valence-electron chi connectivity index (χ2n) is 5.37. The summed E-state index contributed by atoms with van der Waals surface area (Å²) in [6, 6.07) is 10.9. The number of rotatable bonds is 4. The molecule has 112 valence electrons. The first kappa shape index (κ1) is 14.3. The topological polar surface area (TPSA) is 63.4 Å². The number of hydrogen-bond acceptors (Lipinski definition) is 4. The molecule has 1 fully saturated rings. The Morgan fingerprint density at radius 1 is 1.33 bits per heavy atom. The molecule has 2 aromatic rings. The summed E-state index contributed by atoms with van der Waals surface area (Å²) in [6.45, 7) is 2.36. The average molecular weight is 306 g/mol. The third-order valence-corrected chi connectivity index (χ3v) is 5.59. The minimum absolute atomic E-state index is 0.0289. The molecule has 0 spiro atoms. The molecule has 1 atom stereocenters. The fraction of sp³-hybridized carbons (Fsp3) is 0.400. The molecule has 3 rings (SSSR count). The maximum Gasteiger partial charge on any atom is 0.218 e. The van der Waals surface area contributed by atoms with Crippen molar-refractivity contribution in [3.8, 4) is 0 Å². The van der Waals surface area contributed by atoms with E-state index < -0.39 is 10.0 Å². The molecule has 0 amide bonds. The first-order chi connectivity index (χ1) is 10.1. The van der Waals surface area contributed by atoms with Gasteiger partial charge in [-0.2, -0.15) is 4.31 Å². The molecule has 1 unspecified atom stereocenters. The van der Waals surface area contributed by atoms with E-state index in [1.54, 1.807) is 4.31 Å². The highest BCUT2D eigenvalue weighted by Gasteiger charge is 2.36. The van der Waals surface area contributed by atoms with Crippen LogP contribution in [0, 0.1) is 6.92 Å². The van der Waals surface area contributed by atoms with Gasteiger partial charge in [-0.05, 0) is 25.3 Å². The van der Waals surface area contributed by atoms with E-state index in [1.165, 1.54) is 0 Å². The predicted octanol–water partition coefficient (Wildman–Crippen LogP) is 2.65. The lowest BCUT2D eigenvalue weighted by Crippen LogP contribution is -2.31. The number of benzene rings is 1. The number of aromatic nitrogens is 1. The summed E-state index contributed by atoms with van der Waals surface area (Å²) < 4.78 is 32.0. The van der Waals surface area contributed by atoms with Crippen molar-refractivity contribution in [3.05, 3.63) is 53.4 Å². The van der Waals surface area contributed by atoms with Crippen LogP contribution in [0.5, 0.6) is 0 Å². The van der Waals surface area contributed by atoms with Crippen LogP contribution in [0.15, 0.2) is 40.9 Å². The van der Waals surface area contributed by atoms with Gasteiger partial charge in [-0.3, -0.25) is 0 Å². The summed E-state index contributed by atoms with van der Waals surface area (Å²) in [5.41, 5.74) is 1.51. The van der Waals surface area contributed by atoms with Gasteiger partial charge >= 0.3 is 0 Å². The summed E-state index contributed by atoms with van der Waals surface area (Å²) in [5, 5.41) is 3.99. The van der Waals surface area contributed by atoms with Crippen LogP contribution in [-0.4, -0.2) is 24.4 Å². The van der Waals surface area contributed by atoms with Gasteiger partial charge in [0, 0.05) is 12.6 Å². The lowest BCUT2D eigenvalue weighted by molar-refractivity contribution is 0.349. The van der Waals surface area contributed by atoms with Crippen molar-refractivity contribution in [1.29, 1.82) is 0 Å². The SMILES string of the molecule is Cc1cc(C2CCCN2S(=O)(=O)Cc2ccccc2)no1. The summed E-state index contributed by atoms with van der Waals surface area (Å²) in [7, 11) is -3.35. The van der Waals surface area contributed by atoms with Gasteiger partial charge in [-0.15, -0.1) is 0 Å². The summed E-state index contributed by atoms with van der Waals surface area (Å²) in [6.07, 6.45) is 1.64. The van der Waals surface area contributed by atoms with Crippen LogP contribution in [0.1, 0.15) is 35.9 Å². The molecule has 1 aromatic carbocycles. The van der Waals surface area contributed by atoms with Gasteiger partial charge in [0.1, 0.15) is 11.5 Å². The van der Waals surface area contributed by atoms with Crippen LogP contribution in [0.25, 0.3) is 0 Å². The van der Waals surface area contributed by atoms with Gasteiger partial charge in [-0.1, -0.05) is 35.5 Å². The highest BCUT2D eigenvalue weighted by molar-refractivity contribution is 7.88. The van der Waals surface area contributed by atoms with E-state index in [4.69, 9.17) is 4.52 Å². The van der Waals surface area contributed by atoms with E-state index in [9.17, 15) is 8.42 Å². The molecule has 0 aliphatic carbocycles. The van der Waals surface area contributed by atoms with Crippen molar-refractivity contribution in [2.45, 2.75) is 31.6 Å². The normalized spacial score (nSPS) is 20.0. The molecule has 0 N–H and O–H groups in total.